The van der Waals surface area contributed by atoms with Gasteiger partial charge in [0.2, 0.25) is 0 Å². The Labute approximate surface area is 159 Å². The lowest BCUT2D eigenvalue weighted by Gasteiger charge is -2.21. The highest BCUT2D eigenvalue weighted by atomic mass is 19.1. The lowest BCUT2D eigenvalue weighted by molar-refractivity contribution is -0.139. The highest BCUT2D eigenvalue weighted by Gasteiger charge is 2.24. The van der Waals surface area contributed by atoms with E-state index in [1.54, 1.807) is 36.4 Å². The second-order valence-corrected chi connectivity index (χ2v) is 6.32. The van der Waals surface area contributed by atoms with E-state index in [0.717, 1.165) is 0 Å². The van der Waals surface area contributed by atoms with Gasteiger partial charge in [-0.25, -0.2) is 14.3 Å². The van der Waals surface area contributed by atoms with Gasteiger partial charge >= 0.3 is 5.97 Å². The quantitative estimate of drug-likeness (QED) is 0.683. The summed E-state index contributed by atoms with van der Waals surface area (Å²) in [6.45, 7) is 1.61. The largest absolute Gasteiger partial charge is 0.448 e. The lowest BCUT2D eigenvalue weighted by atomic mass is 10.1. The van der Waals surface area contributed by atoms with Crippen LogP contribution in [-0.2, 0) is 16.1 Å². The van der Waals surface area contributed by atoms with E-state index in [0.29, 0.717) is 16.3 Å². The smallest absolute Gasteiger partial charge is 0.360 e. The number of esters is 1. The first-order valence-corrected chi connectivity index (χ1v) is 8.54. The summed E-state index contributed by atoms with van der Waals surface area (Å²) >= 11 is 0. The van der Waals surface area contributed by atoms with Crippen LogP contribution in [0.5, 0.6) is 0 Å². The number of benzene rings is 2. The number of carbonyl (C=O) groups excluding carboxylic acids is 2. The van der Waals surface area contributed by atoms with Crippen molar-refractivity contribution in [2.45, 2.75) is 19.6 Å². The van der Waals surface area contributed by atoms with E-state index in [2.05, 4.69) is 10.2 Å². The number of nitrogens with zero attached hydrogens (tertiary/aromatic N) is 2. The van der Waals surface area contributed by atoms with Crippen molar-refractivity contribution in [3.8, 4) is 0 Å². The van der Waals surface area contributed by atoms with Gasteiger partial charge in [-0.05, 0) is 30.7 Å². The molecule has 0 radical (unpaired) electrons. The summed E-state index contributed by atoms with van der Waals surface area (Å²) in [7, 11) is 1.53. The van der Waals surface area contributed by atoms with Crippen LogP contribution in [0, 0.1) is 5.82 Å². The monoisotopic (exact) mass is 383 g/mol. The molecule has 144 valence electrons. The number of amides is 1. The fraction of sp³-hybridized carbons (Fsp3) is 0.200. The Hall–Kier alpha value is -3.55. The normalized spacial score (nSPS) is 11.8. The van der Waals surface area contributed by atoms with Gasteiger partial charge in [0.25, 0.3) is 11.5 Å². The average molecular weight is 383 g/mol. The standard InChI is InChI=1S/C20H18FN3O4/c1-12(19(26)24(2)11-13-6-5-7-14(21)10-13)28-20(27)17-15-8-3-4-9-16(15)18(25)23-22-17/h3-10,12H,11H2,1-2H3,(H,23,25)/t12-/m0/s1. The van der Waals surface area contributed by atoms with Gasteiger partial charge in [0.05, 0.1) is 5.39 Å². The number of carbonyl (C=O) groups is 2. The van der Waals surface area contributed by atoms with Crippen LogP contribution in [0.15, 0.2) is 53.3 Å². The summed E-state index contributed by atoms with van der Waals surface area (Å²) in [5, 5.41) is 6.65. The van der Waals surface area contributed by atoms with Crippen molar-refractivity contribution in [1.29, 1.82) is 0 Å². The number of halogens is 1. The number of aromatic amines is 1. The molecule has 3 rings (SSSR count). The first kappa shape index (κ1) is 19.2. The zero-order chi connectivity index (χ0) is 20.3. The molecule has 8 heteroatoms. The van der Waals surface area contributed by atoms with E-state index in [9.17, 15) is 18.8 Å². The van der Waals surface area contributed by atoms with E-state index < -0.39 is 29.4 Å². The number of nitrogens with one attached hydrogen (secondary N) is 1. The number of aromatic nitrogens is 2. The Morgan fingerprint density at radius 2 is 1.89 bits per heavy atom. The molecule has 3 aromatic rings. The van der Waals surface area contributed by atoms with Gasteiger partial charge in [-0.3, -0.25) is 9.59 Å². The third kappa shape index (κ3) is 4.06. The number of H-pyrrole nitrogens is 1. The Bertz CT molecular complexity index is 1100. The lowest BCUT2D eigenvalue weighted by Crippen LogP contribution is -2.37. The maximum atomic E-state index is 13.3. The highest BCUT2D eigenvalue weighted by Crippen LogP contribution is 2.15. The minimum absolute atomic E-state index is 0.0809. The second kappa shape index (κ2) is 7.99. The van der Waals surface area contributed by atoms with Crippen molar-refractivity contribution in [3.63, 3.8) is 0 Å². The van der Waals surface area contributed by atoms with Gasteiger partial charge in [-0.2, -0.15) is 5.10 Å². The first-order valence-electron chi connectivity index (χ1n) is 8.54. The molecule has 1 heterocycles. The van der Waals surface area contributed by atoms with Crippen LogP contribution in [0.25, 0.3) is 10.8 Å². The van der Waals surface area contributed by atoms with Gasteiger partial charge in [0, 0.05) is 19.0 Å². The maximum absolute atomic E-state index is 13.3. The first-order chi connectivity index (χ1) is 13.4. The third-order valence-electron chi connectivity index (χ3n) is 4.21. The number of rotatable bonds is 5. The molecule has 0 aliphatic heterocycles. The van der Waals surface area contributed by atoms with Crippen LogP contribution < -0.4 is 5.56 Å². The van der Waals surface area contributed by atoms with Gasteiger partial charge in [0.1, 0.15) is 5.82 Å². The predicted octanol–water partition coefficient (Wildman–Crippen LogP) is 2.27. The predicted molar refractivity (Wildman–Crippen MR) is 100 cm³/mol. The molecule has 0 unspecified atom stereocenters. The van der Waals surface area contributed by atoms with Crippen molar-refractivity contribution < 1.29 is 18.7 Å². The Kier molecular flexibility index (Phi) is 5.49. The second-order valence-electron chi connectivity index (χ2n) is 6.32. The van der Waals surface area contributed by atoms with Crippen molar-refractivity contribution in [1.82, 2.24) is 15.1 Å². The van der Waals surface area contributed by atoms with Crippen LogP contribution >= 0.6 is 0 Å². The van der Waals surface area contributed by atoms with Crippen molar-refractivity contribution in [2.24, 2.45) is 0 Å². The molecular weight excluding hydrogens is 365 g/mol. The highest BCUT2D eigenvalue weighted by molar-refractivity contribution is 6.02. The summed E-state index contributed by atoms with van der Waals surface area (Å²) in [4.78, 5) is 38.1. The number of likely N-dealkylation sites (N-methyl/N-ethyl adjacent to an activating group) is 1. The Morgan fingerprint density at radius 1 is 1.18 bits per heavy atom. The van der Waals surface area contributed by atoms with Crippen LogP contribution in [0.4, 0.5) is 4.39 Å². The summed E-state index contributed by atoms with van der Waals surface area (Å²) < 4.78 is 18.5. The summed E-state index contributed by atoms with van der Waals surface area (Å²) in [5.41, 5.74) is 0.108. The zero-order valence-electron chi connectivity index (χ0n) is 15.3. The molecule has 1 atom stereocenters. The zero-order valence-corrected chi connectivity index (χ0v) is 15.3. The Balaban J connectivity index is 1.73. The SMILES string of the molecule is C[C@H](OC(=O)c1n[nH]c(=O)c2ccccc12)C(=O)N(C)Cc1cccc(F)c1. The summed E-state index contributed by atoms with van der Waals surface area (Å²) in [6.07, 6.45) is -1.08. The molecular formula is C20H18FN3O4. The van der Waals surface area contributed by atoms with Gasteiger partial charge in [-0.15, -0.1) is 0 Å². The number of fused-ring (bicyclic) bond motifs is 1. The van der Waals surface area contributed by atoms with E-state index in [1.807, 2.05) is 0 Å². The molecule has 0 spiro atoms. The number of ether oxygens (including phenoxy) is 1. The minimum Gasteiger partial charge on any atom is -0.448 e. The third-order valence-corrected chi connectivity index (χ3v) is 4.21. The molecule has 0 fully saturated rings. The van der Waals surface area contributed by atoms with E-state index >= 15 is 0 Å². The van der Waals surface area contributed by atoms with Gasteiger partial charge in [0.15, 0.2) is 11.8 Å². The van der Waals surface area contributed by atoms with Crippen molar-refractivity contribution in [2.75, 3.05) is 7.05 Å². The fourth-order valence-corrected chi connectivity index (χ4v) is 2.83. The fourth-order valence-electron chi connectivity index (χ4n) is 2.83. The molecule has 1 N–H and O–H groups in total. The van der Waals surface area contributed by atoms with Crippen LogP contribution in [0.1, 0.15) is 23.0 Å². The average Bonchev–Trinajstić information content (AvgIpc) is 2.67. The number of hydrogen-bond acceptors (Lipinski definition) is 5. The summed E-state index contributed by atoms with van der Waals surface area (Å²) in [5.74, 6) is -1.67. The molecule has 28 heavy (non-hydrogen) atoms. The minimum atomic E-state index is -1.08. The van der Waals surface area contributed by atoms with E-state index in [1.165, 1.54) is 31.0 Å². The topological polar surface area (TPSA) is 92.4 Å². The van der Waals surface area contributed by atoms with Crippen molar-refractivity contribution >= 4 is 22.6 Å². The van der Waals surface area contributed by atoms with Crippen LogP contribution in [0.3, 0.4) is 0 Å². The maximum Gasteiger partial charge on any atom is 0.360 e. The molecule has 1 amide bonds. The molecule has 0 aliphatic rings. The van der Waals surface area contributed by atoms with E-state index in [4.69, 9.17) is 4.74 Å². The molecule has 0 saturated heterocycles. The summed E-state index contributed by atoms with van der Waals surface area (Å²) in [6, 6.07) is 12.4. The van der Waals surface area contributed by atoms with Gasteiger partial charge in [-0.1, -0.05) is 30.3 Å². The molecule has 0 bridgehead atoms. The molecule has 0 saturated carbocycles. The molecule has 2 aromatic carbocycles. The molecule has 1 aromatic heterocycles. The molecule has 7 nitrogen and oxygen atoms in total. The van der Waals surface area contributed by atoms with Crippen molar-refractivity contribution in [3.05, 3.63) is 76.0 Å². The van der Waals surface area contributed by atoms with Crippen LogP contribution in [0.2, 0.25) is 0 Å². The van der Waals surface area contributed by atoms with E-state index in [-0.39, 0.29) is 12.2 Å². The van der Waals surface area contributed by atoms with Gasteiger partial charge < -0.3 is 9.64 Å². The van der Waals surface area contributed by atoms with Crippen LogP contribution in [-0.4, -0.2) is 40.1 Å². The number of hydrogen-bond donors (Lipinski definition) is 1. The molecule has 0 aliphatic carbocycles. The Morgan fingerprint density at radius 3 is 2.61 bits per heavy atom.